The van der Waals surface area contributed by atoms with Crippen molar-refractivity contribution in [3.05, 3.63) is 0 Å². The Labute approximate surface area is 111 Å². The van der Waals surface area contributed by atoms with Crippen molar-refractivity contribution in [2.45, 2.75) is 26.4 Å². The first-order chi connectivity index (χ1) is 8.68. The van der Waals surface area contributed by atoms with Crippen LogP contribution in [-0.4, -0.2) is 43.1 Å². The van der Waals surface area contributed by atoms with E-state index < -0.39 is 31.2 Å². The number of carbonyl (C=O) groups excluding carboxylic acids is 2. The Bertz CT molecular complexity index is 409. The average Bonchev–Trinajstić information content (AvgIpc) is 2.32. The van der Waals surface area contributed by atoms with Gasteiger partial charge in [-0.3, -0.25) is 18.6 Å². The molecule has 1 unspecified atom stereocenters. The van der Waals surface area contributed by atoms with Crippen molar-refractivity contribution < 1.29 is 32.8 Å². The van der Waals surface area contributed by atoms with Gasteiger partial charge in [-0.2, -0.15) is 0 Å². The van der Waals surface area contributed by atoms with Crippen LogP contribution in [0.1, 0.15) is 20.3 Å². The third-order valence-electron chi connectivity index (χ3n) is 2.64. The largest absolute Gasteiger partial charge is 0.472 e. The molecule has 0 bridgehead atoms. The number of carbonyl (C=O) groups is 2. The van der Waals surface area contributed by atoms with Gasteiger partial charge in [-0.05, 0) is 0 Å². The van der Waals surface area contributed by atoms with Crippen LogP contribution in [-0.2, 0) is 27.9 Å². The lowest BCUT2D eigenvalue weighted by atomic mass is 9.87. The molecule has 1 aliphatic rings. The van der Waals surface area contributed by atoms with Gasteiger partial charge in [-0.15, -0.1) is 0 Å². The van der Waals surface area contributed by atoms with E-state index in [1.807, 2.05) is 0 Å². The summed E-state index contributed by atoms with van der Waals surface area (Å²) in [4.78, 5) is 32.0. The van der Waals surface area contributed by atoms with Crippen molar-refractivity contribution in [2.24, 2.45) is 5.41 Å². The van der Waals surface area contributed by atoms with Gasteiger partial charge in [0.15, 0.2) is 6.10 Å². The summed E-state index contributed by atoms with van der Waals surface area (Å²) in [5, 5.41) is 2.46. The Morgan fingerprint density at radius 1 is 1.53 bits per heavy atom. The van der Waals surface area contributed by atoms with E-state index in [-0.39, 0.29) is 19.6 Å². The number of rotatable bonds is 4. The maximum Gasteiger partial charge on any atom is 0.472 e. The summed E-state index contributed by atoms with van der Waals surface area (Å²) in [5.74, 6) is -1.02. The smallest absolute Gasteiger partial charge is 0.469 e. The van der Waals surface area contributed by atoms with E-state index in [1.165, 1.54) is 7.11 Å². The van der Waals surface area contributed by atoms with Gasteiger partial charge >= 0.3 is 13.8 Å². The lowest BCUT2D eigenvalue weighted by Gasteiger charge is -2.37. The average molecular weight is 295 g/mol. The van der Waals surface area contributed by atoms with Crippen LogP contribution in [0.3, 0.4) is 0 Å². The molecule has 8 nitrogen and oxygen atoms in total. The van der Waals surface area contributed by atoms with E-state index in [1.54, 1.807) is 13.8 Å². The van der Waals surface area contributed by atoms with Crippen LogP contribution in [0.25, 0.3) is 0 Å². The third kappa shape index (κ3) is 4.58. The van der Waals surface area contributed by atoms with Crippen LogP contribution >= 0.6 is 7.82 Å². The number of phosphoric ester groups is 1. The molecule has 1 heterocycles. The summed E-state index contributed by atoms with van der Waals surface area (Å²) in [6, 6.07) is 0. The monoisotopic (exact) mass is 295 g/mol. The van der Waals surface area contributed by atoms with Gasteiger partial charge in [-0.25, -0.2) is 4.57 Å². The predicted octanol–water partition coefficient (Wildman–Crippen LogP) is 0.208. The number of ether oxygens (including phenoxy) is 1. The molecule has 2 atom stereocenters. The van der Waals surface area contributed by atoms with Gasteiger partial charge in [-0.1, -0.05) is 13.8 Å². The molecule has 1 amide bonds. The highest BCUT2D eigenvalue weighted by atomic mass is 31.2. The van der Waals surface area contributed by atoms with E-state index in [0.29, 0.717) is 0 Å². The molecule has 2 N–H and O–H groups in total. The molecule has 1 rings (SSSR count). The molecule has 0 radical (unpaired) electrons. The first-order valence-electron chi connectivity index (χ1n) is 5.68. The van der Waals surface area contributed by atoms with E-state index in [4.69, 9.17) is 4.52 Å². The highest BCUT2D eigenvalue weighted by Crippen LogP contribution is 2.52. The maximum absolute atomic E-state index is 11.9. The molecule has 0 aromatic heterocycles. The molecule has 0 saturated carbocycles. The first kappa shape index (κ1) is 16.1. The van der Waals surface area contributed by atoms with Crippen molar-refractivity contribution in [2.75, 3.05) is 20.3 Å². The predicted molar refractivity (Wildman–Crippen MR) is 64.1 cm³/mol. The molecule has 1 aliphatic heterocycles. The Kier molecular flexibility index (Phi) is 5.09. The van der Waals surface area contributed by atoms with Gasteiger partial charge in [0.05, 0.1) is 20.1 Å². The molecule has 0 aromatic carbocycles. The van der Waals surface area contributed by atoms with Crippen LogP contribution in [0.2, 0.25) is 0 Å². The highest BCUT2D eigenvalue weighted by Gasteiger charge is 2.47. The lowest BCUT2D eigenvalue weighted by molar-refractivity contribution is -0.142. The number of nitrogens with one attached hydrogen (secondary N) is 1. The third-order valence-corrected chi connectivity index (χ3v) is 3.57. The zero-order chi connectivity index (χ0) is 14.7. The number of phosphoric acid groups is 1. The Morgan fingerprint density at radius 2 is 2.16 bits per heavy atom. The number of esters is 1. The minimum absolute atomic E-state index is 0.0165. The molecule has 1 saturated heterocycles. The summed E-state index contributed by atoms with van der Waals surface area (Å²) in [7, 11) is -2.94. The van der Waals surface area contributed by atoms with E-state index in [2.05, 4.69) is 14.6 Å². The second kappa shape index (κ2) is 6.00. The van der Waals surface area contributed by atoms with Crippen molar-refractivity contribution in [3.8, 4) is 0 Å². The Balaban J connectivity index is 2.58. The highest BCUT2D eigenvalue weighted by molar-refractivity contribution is 7.47. The normalized spacial score (nSPS) is 29.6. The molecule has 19 heavy (non-hydrogen) atoms. The lowest BCUT2D eigenvalue weighted by Crippen LogP contribution is -2.49. The molecule has 0 spiro atoms. The SMILES string of the molecule is COC(=O)CCNC(=O)[C@@H]1OP(=O)(O)OCC1(C)C. The fourth-order valence-electron chi connectivity index (χ4n) is 1.52. The number of hydrogen-bond donors (Lipinski definition) is 2. The van der Waals surface area contributed by atoms with Crippen molar-refractivity contribution >= 4 is 19.7 Å². The zero-order valence-corrected chi connectivity index (χ0v) is 11.9. The fraction of sp³-hybridized carbons (Fsp3) is 0.800. The molecule has 110 valence electrons. The first-order valence-corrected chi connectivity index (χ1v) is 7.18. The molecule has 1 fully saturated rings. The maximum atomic E-state index is 11.9. The Morgan fingerprint density at radius 3 is 2.74 bits per heavy atom. The van der Waals surface area contributed by atoms with Crippen molar-refractivity contribution in [3.63, 3.8) is 0 Å². The minimum atomic E-state index is -4.19. The van der Waals surface area contributed by atoms with Crippen LogP contribution < -0.4 is 5.32 Å². The van der Waals surface area contributed by atoms with Gasteiger partial charge in [0.2, 0.25) is 5.91 Å². The second-order valence-corrected chi connectivity index (χ2v) is 6.24. The van der Waals surface area contributed by atoms with Gasteiger partial charge in [0, 0.05) is 12.0 Å². The molecular formula is C10H18NO7P. The molecule has 9 heteroatoms. The Hall–Kier alpha value is -0.950. The van der Waals surface area contributed by atoms with Crippen LogP contribution in [0.15, 0.2) is 0 Å². The molecule has 0 aromatic rings. The summed E-state index contributed by atoms with van der Waals surface area (Å²) in [6.07, 6.45) is -1.10. The zero-order valence-electron chi connectivity index (χ0n) is 11.0. The van der Waals surface area contributed by atoms with Crippen molar-refractivity contribution in [1.29, 1.82) is 0 Å². The van der Waals surface area contributed by atoms with E-state index >= 15 is 0 Å². The molecular weight excluding hydrogens is 277 g/mol. The van der Waals surface area contributed by atoms with Gasteiger partial charge in [0.1, 0.15) is 0 Å². The second-order valence-electron chi connectivity index (χ2n) is 4.83. The summed E-state index contributed by atoms with van der Waals surface area (Å²) < 4.78 is 25.2. The van der Waals surface area contributed by atoms with E-state index in [9.17, 15) is 19.0 Å². The van der Waals surface area contributed by atoms with Crippen LogP contribution in [0, 0.1) is 5.41 Å². The molecule has 0 aliphatic carbocycles. The van der Waals surface area contributed by atoms with Gasteiger partial charge in [0.25, 0.3) is 0 Å². The summed E-state index contributed by atoms with van der Waals surface area (Å²) >= 11 is 0. The quantitative estimate of drug-likeness (QED) is 0.563. The fourth-order valence-corrected chi connectivity index (χ4v) is 2.72. The topological polar surface area (TPSA) is 111 Å². The van der Waals surface area contributed by atoms with Gasteiger partial charge < -0.3 is 14.9 Å². The van der Waals surface area contributed by atoms with Crippen LogP contribution in [0.4, 0.5) is 0 Å². The number of methoxy groups -OCH3 is 1. The van der Waals surface area contributed by atoms with Crippen molar-refractivity contribution in [1.82, 2.24) is 5.32 Å². The minimum Gasteiger partial charge on any atom is -0.469 e. The van der Waals surface area contributed by atoms with Crippen LogP contribution in [0.5, 0.6) is 0 Å². The summed E-state index contributed by atoms with van der Waals surface area (Å²) in [5.41, 5.74) is -0.744. The summed E-state index contributed by atoms with van der Waals surface area (Å²) in [6.45, 7) is 3.35. The number of amides is 1. The number of hydrogen-bond acceptors (Lipinski definition) is 6. The van der Waals surface area contributed by atoms with E-state index in [0.717, 1.165) is 0 Å². The standard InChI is InChI=1S/C10H18NO7P/c1-10(2)6-17-19(14,15)18-8(10)9(13)11-5-4-7(12)16-3/h8H,4-6H2,1-3H3,(H,11,13)(H,14,15)/t8-/m0/s1.